The van der Waals surface area contributed by atoms with Gasteiger partial charge in [-0.15, -0.1) is 0 Å². The van der Waals surface area contributed by atoms with Gasteiger partial charge in [0.15, 0.2) is 0 Å². The number of fused-ring (bicyclic) bond motifs is 1. The van der Waals surface area contributed by atoms with E-state index in [4.69, 9.17) is 15.7 Å². The van der Waals surface area contributed by atoms with Crippen LogP contribution in [0.3, 0.4) is 0 Å². The molecule has 3 N–H and O–H groups in total. The maximum atomic E-state index is 8.52. The second-order valence-electron chi connectivity index (χ2n) is 3.82. The molecule has 2 aromatic carbocycles. The predicted molar refractivity (Wildman–Crippen MR) is 67.6 cm³/mol. The van der Waals surface area contributed by atoms with Gasteiger partial charge in [-0.25, -0.2) is 0 Å². The maximum Gasteiger partial charge on any atom is 0.143 e. The van der Waals surface area contributed by atoms with Crippen molar-refractivity contribution in [2.24, 2.45) is 10.9 Å². The van der Waals surface area contributed by atoms with Crippen LogP contribution >= 0.6 is 0 Å². The Morgan fingerprint density at radius 1 is 1.24 bits per heavy atom. The van der Waals surface area contributed by atoms with Crippen LogP contribution in [-0.2, 0) is 6.42 Å². The zero-order valence-electron chi connectivity index (χ0n) is 9.55. The Hall–Kier alpha value is -2.23. The van der Waals surface area contributed by atoms with Crippen molar-refractivity contribution in [1.82, 2.24) is 0 Å². The molecule has 2 aromatic rings. The zero-order chi connectivity index (χ0) is 12.3. The molecule has 0 saturated carbocycles. The highest BCUT2D eigenvalue weighted by Gasteiger charge is 2.01. The van der Waals surface area contributed by atoms with E-state index in [-0.39, 0.29) is 5.84 Å². The minimum Gasteiger partial charge on any atom is -0.497 e. The lowest BCUT2D eigenvalue weighted by Gasteiger charge is -2.05. The van der Waals surface area contributed by atoms with Crippen LogP contribution in [0.5, 0.6) is 5.75 Å². The van der Waals surface area contributed by atoms with E-state index in [0.717, 1.165) is 22.1 Å². The van der Waals surface area contributed by atoms with Crippen molar-refractivity contribution in [1.29, 1.82) is 0 Å². The van der Waals surface area contributed by atoms with Gasteiger partial charge < -0.3 is 15.7 Å². The van der Waals surface area contributed by atoms with Gasteiger partial charge in [-0.3, -0.25) is 0 Å². The quantitative estimate of drug-likeness (QED) is 0.367. The molecule has 0 heterocycles. The number of hydrogen-bond donors (Lipinski definition) is 2. The molecule has 2 rings (SSSR count). The highest BCUT2D eigenvalue weighted by atomic mass is 16.5. The maximum absolute atomic E-state index is 8.52. The van der Waals surface area contributed by atoms with E-state index in [1.807, 2.05) is 36.4 Å². The van der Waals surface area contributed by atoms with Gasteiger partial charge in [0.05, 0.1) is 7.11 Å². The Bertz CT molecular complexity index is 564. The second kappa shape index (κ2) is 4.74. The lowest BCUT2D eigenvalue weighted by molar-refractivity contribution is 0.317. The molecule has 88 valence electrons. The summed E-state index contributed by atoms with van der Waals surface area (Å²) < 4.78 is 5.16. The third-order valence-electron chi connectivity index (χ3n) is 2.63. The summed E-state index contributed by atoms with van der Waals surface area (Å²) in [6.07, 6.45) is 0.443. The van der Waals surface area contributed by atoms with Gasteiger partial charge in [-0.05, 0) is 28.5 Å². The fraction of sp³-hybridized carbons (Fsp3) is 0.154. The number of nitrogens with zero attached hydrogens (tertiary/aromatic N) is 1. The number of ether oxygens (including phenoxy) is 1. The lowest BCUT2D eigenvalue weighted by Crippen LogP contribution is -2.14. The summed E-state index contributed by atoms with van der Waals surface area (Å²) in [6.45, 7) is 0. The average Bonchev–Trinajstić information content (AvgIpc) is 2.38. The Kier molecular flexibility index (Phi) is 3.14. The Labute approximate surface area is 99.3 Å². The van der Waals surface area contributed by atoms with Crippen molar-refractivity contribution in [2.45, 2.75) is 6.42 Å². The predicted octanol–water partition coefficient (Wildman–Crippen LogP) is 2.14. The van der Waals surface area contributed by atoms with E-state index in [9.17, 15) is 0 Å². The van der Waals surface area contributed by atoms with Gasteiger partial charge in [0.1, 0.15) is 11.6 Å². The number of nitrogens with two attached hydrogens (primary N) is 1. The highest BCUT2D eigenvalue weighted by molar-refractivity contribution is 5.87. The molecule has 0 aromatic heterocycles. The number of amidine groups is 1. The van der Waals surface area contributed by atoms with Crippen LogP contribution in [0.2, 0.25) is 0 Å². The summed E-state index contributed by atoms with van der Waals surface area (Å²) in [6, 6.07) is 11.9. The molecule has 0 aliphatic rings. The fourth-order valence-electron chi connectivity index (χ4n) is 1.75. The Morgan fingerprint density at radius 2 is 1.94 bits per heavy atom. The van der Waals surface area contributed by atoms with E-state index >= 15 is 0 Å². The number of oxime groups is 1. The van der Waals surface area contributed by atoms with Gasteiger partial charge in [0, 0.05) is 6.42 Å². The molecular formula is C13H14N2O2. The molecule has 0 atom stereocenters. The molecule has 0 aliphatic heterocycles. The molecule has 0 fully saturated rings. The van der Waals surface area contributed by atoms with Gasteiger partial charge in [0.2, 0.25) is 0 Å². The summed E-state index contributed by atoms with van der Waals surface area (Å²) in [5.74, 6) is 1.04. The van der Waals surface area contributed by atoms with Crippen LogP contribution in [0.1, 0.15) is 5.56 Å². The summed E-state index contributed by atoms with van der Waals surface area (Å²) in [5, 5.41) is 13.7. The molecule has 0 radical (unpaired) electrons. The first-order valence-electron chi connectivity index (χ1n) is 5.26. The average molecular weight is 230 g/mol. The van der Waals surface area contributed by atoms with Crippen LogP contribution in [0.15, 0.2) is 41.6 Å². The Morgan fingerprint density at radius 3 is 2.65 bits per heavy atom. The molecule has 0 aliphatic carbocycles. The minimum absolute atomic E-state index is 0.206. The van der Waals surface area contributed by atoms with E-state index in [0.29, 0.717) is 6.42 Å². The second-order valence-corrected chi connectivity index (χ2v) is 3.82. The molecule has 0 bridgehead atoms. The van der Waals surface area contributed by atoms with Crippen LogP contribution in [0.25, 0.3) is 10.8 Å². The van der Waals surface area contributed by atoms with Crippen LogP contribution in [0, 0.1) is 0 Å². The van der Waals surface area contributed by atoms with Crippen molar-refractivity contribution in [3.63, 3.8) is 0 Å². The largest absolute Gasteiger partial charge is 0.497 e. The van der Waals surface area contributed by atoms with Gasteiger partial charge in [-0.1, -0.05) is 29.4 Å². The van der Waals surface area contributed by atoms with E-state index in [1.54, 1.807) is 7.11 Å². The topological polar surface area (TPSA) is 67.8 Å². The van der Waals surface area contributed by atoms with Crippen LogP contribution in [0.4, 0.5) is 0 Å². The monoisotopic (exact) mass is 230 g/mol. The fourth-order valence-corrected chi connectivity index (χ4v) is 1.75. The van der Waals surface area contributed by atoms with Gasteiger partial charge >= 0.3 is 0 Å². The van der Waals surface area contributed by atoms with Crippen LogP contribution in [-0.4, -0.2) is 18.2 Å². The minimum atomic E-state index is 0.206. The molecule has 0 saturated heterocycles. The first-order chi connectivity index (χ1) is 8.22. The molecule has 0 spiro atoms. The molecule has 4 heteroatoms. The third-order valence-corrected chi connectivity index (χ3v) is 2.63. The van der Waals surface area contributed by atoms with Crippen molar-refractivity contribution in [3.05, 3.63) is 42.0 Å². The smallest absolute Gasteiger partial charge is 0.143 e. The normalized spacial score (nSPS) is 11.7. The van der Waals surface area contributed by atoms with Crippen molar-refractivity contribution >= 4 is 16.6 Å². The van der Waals surface area contributed by atoms with Gasteiger partial charge in [-0.2, -0.15) is 0 Å². The van der Waals surface area contributed by atoms with Crippen molar-refractivity contribution in [3.8, 4) is 5.75 Å². The first-order valence-corrected chi connectivity index (χ1v) is 5.26. The molecule has 4 nitrogen and oxygen atoms in total. The lowest BCUT2D eigenvalue weighted by atomic mass is 10.0. The number of hydrogen-bond acceptors (Lipinski definition) is 3. The summed E-state index contributed by atoms with van der Waals surface area (Å²) in [5.41, 5.74) is 6.49. The van der Waals surface area contributed by atoms with Crippen LogP contribution < -0.4 is 10.5 Å². The zero-order valence-corrected chi connectivity index (χ0v) is 9.55. The number of rotatable bonds is 3. The summed E-state index contributed by atoms with van der Waals surface area (Å²) in [4.78, 5) is 0. The standard InChI is InChI=1S/C13H14N2O2/c1-17-12-5-4-10-6-9(7-13(14)15-16)2-3-11(10)8-12/h2-6,8,16H,7H2,1H3,(H2,14,15). The van der Waals surface area contributed by atoms with Crippen molar-refractivity contribution < 1.29 is 9.94 Å². The molecular weight excluding hydrogens is 216 g/mol. The molecule has 0 amide bonds. The highest BCUT2D eigenvalue weighted by Crippen LogP contribution is 2.21. The number of benzene rings is 2. The summed E-state index contributed by atoms with van der Waals surface area (Å²) >= 11 is 0. The van der Waals surface area contributed by atoms with Crippen molar-refractivity contribution in [2.75, 3.05) is 7.11 Å². The first kappa shape index (κ1) is 11.3. The Balaban J connectivity index is 2.38. The van der Waals surface area contributed by atoms with E-state index in [1.165, 1.54) is 0 Å². The number of methoxy groups -OCH3 is 1. The van der Waals surface area contributed by atoms with Gasteiger partial charge in [0.25, 0.3) is 0 Å². The summed E-state index contributed by atoms with van der Waals surface area (Å²) in [7, 11) is 1.65. The van der Waals surface area contributed by atoms with E-state index < -0.39 is 0 Å². The molecule has 17 heavy (non-hydrogen) atoms. The molecule has 0 unspecified atom stereocenters. The van der Waals surface area contributed by atoms with E-state index in [2.05, 4.69) is 5.16 Å². The SMILES string of the molecule is COc1ccc2cc(CC(N)=NO)ccc2c1. The third kappa shape index (κ3) is 2.47.